The summed E-state index contributed by atoms with van der Waals surface area (Å²) in [4.78, 5) is 31.1. The van der Waals surface area contributed by atoms with Gasteiger partial charge < -0.3 is 4.90 Å². The maximum absolute atomic E-state index is 13.4. The summed E-state index contributed by atoms with van der Waals surface area (Å²) in [5.74, 6) is 0.120. The maximum Gasteiger partial charge on any atom is 0.261 e. The molecule has 5 rings (SSSR count). The van der Waals surface area contributed by atoms with Gasteiger partial charge in [-0.05, 0) is 37.3 Å². The summed E-state index contributed by atoms with van der Waals surface area (Å²) in [7, 11) is 0. The summed E-state index contributed by atoms with van der Waals surface area (Å²) in [6.07, 6.45) is 0. The number of carbonyl (C=O) groups is 2. The van der Waals surface area contributed by atoms with Gasteiger partial charge in [0.05, 0.1) is 16.6 Å². The molecule has 9 heteroatoms. The highest BCUT2D eigenvalue weighted by atomic mass is 35.5. The van der Waals surface area contributed by atoms with Gasteiger partial charge in [0.2, 0.25) is 0 Å². The molecule has 0 bridgehead atoms. The second kappa shape index (κ2) is 8.28. The van der Waals surface area contributed by atoms with E-state index in [2.05, 4.69) is 20.0 Å². The fourth-order valence-electron chi connectivity index (χ4n) is 4.38. The standard InChI is InChI=1S/C22H22FN5O2.ClH/c1-14(13-28-21(29)16-4-2-3-5-17(16)22(28)30)26-8-10-27(11-9-26)20-18-7-6-15(23)12-19(18)24-25-20;/h2-7,12,14H,8-11,13H2,1H3,(H,24,25);1H. The molecule has 162 valence electrons. The van der Waals surface area contributed by atoms with E-state index < -0.39 is 0 Å². The number of benzene rings is 2. The number of hydrogen-bond donors (Lipinski definition) is 1. The van der Waals surface area contributed by atoms with Crippen LogP contribution in [-0.4, -0.2) is 70.6 Å². The molecule has 2 aliphatic heterocycles. The summed E-state index contributed by atoms with van der Waals surface area (Å²) < 4.78 is 13.4. The molecular weight excluding hydrogens is 421 g/mol. The monoisotopic (exact) mass is 443 g/mol. The van der Waals surface area contributed by atoms with Gasteiger partial charge in [-0.3, -0.25) is 24.5 Å². The number of nitrogens with one attached hydrogen (secondary N) is 1. The zero-order chi connectivity index (χ0) is 20.8. The van der Waals surface area contributed by atoms with E-state index in [4.69, 9.17) is 0 Å². The van der Waals surface area contributed by atoms with Crippen LogP contribution in [0.4, 0.5) is 10.2 Å². The minimum atomic E-state index is -0.287. The van der Waals surface area contributed by atoms with Crippen molar-refractivity contribution in [1.82, 2.24) is 20.0 Å². The average molecular weight is 444 g/mol. The number of aromatic amines is 1. The average Bonchev–Trinajstić information content (AvgIpc) is 3.28. The van der Waals surface area contributed by atoms with Crippen molar-refractivity contribution < 1.29 is 14.0 Å². The first-order chi connectivity index (χ1) is 14.5. The summed E-state index contributed by atoms with van der Waals surface area (Å²) in [6, 6.07) is 11.7. The van der Waals surface area contributed by atoms with Crippen molar-refractivity contribution in [2.24, 2.45) is 0 Å². The lowest BCUT2D eigenvalue weighted by Crippen LogP contribution is -2.53. The molecular formula is C22H23ClFN5O2. The van der Waals surface area contributed by atoms with Crippen molar-refractivity contribution in [1.29, 1.82) is 0 Å². The fraction of sp³-hybridized carbons (Fsp3) is 0.318. The van der Waals surface area contributed by atoms with Crippen LogP contribution in [0.3, 0.4) is 0 Å². The highest BCUT2D eigenvalue weighted by molar-refractivity contribution is 6.21. The predicted octanol–water partition coefficient (Wildman–Crippen LogP) is 2.93. The van der Waals surface area contributed by atoms with E-state index in [1.165, 1.54) is 17.0 Å². The summed E-state index contributed by atoms with van der Waals surface area (Å²) in [6.45, 7) is 5.54. The van der Waals surface area contributed by atoms with Crippen molar-refractivity contribution in [2.45, 2.75) is 13.0 Å². The number of carbonyl (C=O) groups excluding carboxylic acids is 2. The topological polar surface area (TPSA) is 72.5 Å². The number of imide groups is 1. The van der Waals surface area contributed by atoms with Gasteiger partial charge in [0, 0.05) is 44.2 Å². The Balaban J connectivity index is 0.00000231. The van der Waals surface area contributed by atoms with E-state index in [1.807, 2.05) is 6.92 Å². The minimum Gasteiger partial charge on any atom is -0.352 e. The summed E-state index contributed by atoms with van der Waals surface area (Å²) in [5, 5.41) is 8.18. The van der Waals surface area contributed by atoms with Crippen LogP contribution in [0.1, 0.15) is 27.6 Å². The molecule has 2 amide bonds. The third-order valence-corrected chi connectivity index (χ3v) is 6.07. The lowest BCUT2D eigenvalue weighted by molar-refractivity contribution is 0.0593. The van der Waals surface area contributed by atoms with E-state index in [0.29, 0.717) is 23.2 Å². The smallest absolute Gasteiger partial charge is 0.261 e. The largest absolute Gasteiger partial charge is 0.352 e. The normalized spacial score (nSPS) is 17.7. The number of rotatable bonds is 4. The van der Waals surface area contributed by atoms with Crippen LogP contribution in [0, 0.1) is 5.82 Å². The molecule has 2 aromatic carbocycles. The molecule has 1 fully saturated rings. The third-order valence-electron chi connectivity index (χ3n) is 6.07. The van der Waals surface area contributed by atoms with Crippen molar-refractivity contribution in [3.63, 3.8) is 0 Å². The lowest BCUT2D eigenvalue weighted by atomic mass is 10.1. The Morgan fingerprint density at radius 2 is 1.68 bits per heavy atom. The van der Waals surface area contributed by atoms with Gasteiger partial charge in [0.1, 0.15) is 5.82 Å². The van der Waals surface area contributed by atoms with Gasteiger partial charge >= 0.3 is 0 Å². The van der Waals surface area contributed by atoms with Crippen LogP contribution < -0.4 is 4.90 Å². The molecule has 2 aliphatic rings. The molecule has 1 N–H and O–H groups in total. The van der Waals surface area contributed by atoms with E-state index in [1.54, 1.807) is 30.3 Å². The number of hydrogen-bond acceptors (Lipinski definition) is 5. The Kier molecular flexibility index (Phi) is 5.68. The Bertz CT molecular complexity index is 1110. The number of fused-ring (bicyclic) bond motifs is 2. The van der Waals surface area contributed by atoms with Crippen LogP contribution in [-0.2, 0) is 0 Å². The molecule has 0 aliphatic carbocycles. The van der Waals surface area contributed by atoms with E-state index in [-0.39, 0.29) is 36.1 Å². The first-order valence-electron chi connectivity index (χ1n) is 10.1. The zero-order valence-corrected chi connectivity index (χ0v) is 17.9. The van der Waals surface area contributed by atoms with Crippen molar-refractivity contribution >= 4 is 40.9 Å². The SMILES string of the molecule is CC(CN1C(=O)c2ccccc2C1=O)N1CCN(c2n[nH]c3cc(F)ccc23)CC1.Cl. The van der Waals surface area contributed by atoms with Gasteiger partial charge in [-0.2, -0.15) is 5.10 Å². The molecule has 1 unspecified atom stereocenters. The van der Waals surface area contributed by atoms with Gasteiger partial charge in [-0.1, -0.05) is 12.1 Å². The molecule has 0 saturated carbocycles. The Morgan fingerprint density at radius 1 is 1.03 bits per heavy atom. The molecule has 3 aromatic rings. The number of piperazine rings is 1. The van der Waals surface area contributed by atoms with E-state index in [9.17, 15) is 14.0 Å². The lowest BCUT2D eigenvalue weighted by Gasteiger charge is -2.39. The number of H-pyrrole nitrogens is 1. The third kappa shape index (κ3) is 3.66. The minimum absolute atomic E-state index is 0. The maximum atomic E-state index is 13.4. The molecule has 1 aromatic heterocycles. The second-order valence-corrected chi connectivity index (χ2v) is 7.88. The Hall–Kier alpha value is -2.97. The van der Waals surface area contributed by atoms with Crippen molar-refractivity contribution in [2.75, 3.05) is 37.6 Å². The van der Waals surface area contributed by atoms with Gasteiger partial charge in [-0.25, -0.2) is 4.39 Å². The van der Waals surface area contributed by atoms with Crippen molar-refractivity contribution in [3.8, 4) is 0 Å². The zero-order valence-electron chi connectivity index (χ0n) is 17.0. The highest BCUT2D eigenvalue weighted by Crippen LogP contribution is 2.27. The Morgan fingerprint density at radius 3 is 2.32 bits per heavy atom. The highest BCUT2D eigenvalue weighted by Gasteiger charge is 2.37. The summed E-state index contributed by atoms with van der Waals surface area (Å²) >= 11 is 0. The molecule has 7 nitrogen and oxygen atoms in total. The molecule has 3 heterocycles. The number of aromatic nitrogens is 2. The molecule has 0 spiro atoms. The first-order valence-corrected chi connectivity index (χ1v) is 10.1. The fourth-order valence-corrected chi connectivity index (χ4v) is 4.38. The van der Waals surface area contributed by atoms with Crippen LogP contribution in [0.5, 0.6) is 0 Å². The molecule has 1 saturated heterocycles. The van der Waals surface area contributed by atoms with Crippen LogP contribution in [0.25, 0.3) is 10.9 Å². The molecule has 1 atom stereocenters. The van der Waals surface area contributed by atoms with E-state index in [0.717, 1.165) is 37.4 Å². The Labute approximate surface area is 185 Å². The number of halogens is 2. The summed E-state index contributed by atoms with van der Waals surface area (Å²) in [5.41, 5.74) is 1.66. The van der Waals surface area contributed by atoms with Crippen molar-refractivity contribution in [3.05, 3.63) is 59.4 Å². The second-order valence-electron chi connectivity index (χ2n) is 7.88. The number of nitrogens with zero attached hydrogens (tertiary/aromatic N) is 4. The molecule has 0 radical (unpaired) electrons. The molecule has 31 heavy (non-hydrogen) atoms. The van der Waals surface area contributed by atoms with Gasteiger partial charge in [-0.15, -0.1) is 12.4 Å². The number of amides is 2. The van der Waals surface area contributed by atoms with Crippen LogP contribution >= 0.6 is 12.4 Å². The predicted molar refractivity (Wildman–Crippen MR) is 118 cm³/mol. The first kappa shape index (κ1) is 21.3. The number of anilines is 1. The van der Waals surface area contributed by atoms with Gasteiger partial charge in [0.15, 0.2) is 5.82 Å². The van der Waals surface area contributed by atoms with Gasteiger partial charge in [0.25, 0.3) is 11.8 Å². The van der Waals surface area contributed by atoms with Crippen LogP contribution in [0.15, 0.2) is 42.5 Å². The van der Waals surface area contributed by atoms with Crippen LogP contribution in [0.2, 0.25) is 0 Å². The quantitative estimate of drug-likeness (QED) is 0.628. The van der Waals surface area contributed by atoms with E-state index >= 15 is 0 Å².